The third-order valence-corrected chi connectivity index (χ3v) is 1.72. The molecule has 1 rings (SSSR count). The highest BCUT2D eigenvalue weighted by Crippen LogP contribution is 2.29. The van der Waals surface area contributed by atoms with Crippen molar-refractivity contribution in [3.05, 3.63) is 11.5 Å². The number of hydrogen-bond donors (Lipinski definition) is 0. The Labute approximate surface area is 83.1 Å². The molecule has 0 atom stereocenters. The lowest BCUT2D eigenvalue weighted by Crippen LogP contribution is -2.20. The van der Waals surface area contributed by atoms with Gasteiger partial charge < -0.3 is 4.74 Å². The average molecular weight is 200 g/mol. The van der Waals surface area contributed by atoms with Gasteiger partial charge in [-0.15, -0.1) is 0 Å². The van der Waals surface area contributed by atoms with Crippen LogP contribution < -0.4 is 0 Å². The lowest BCUT2D eigenvalue weighted by Gasteiger charge is -2.18. The van der Waals surface area contributed by atoms with Crippen molar-refractivity contribution >= 4 is 5.97 Å². The summed E-state index contributed by atoms with van der Waals surface area (Å²) in [7, 11) is 0. The lowest BCUT2D eigenvalue weighted by molar-refractivity contribution is -0.0500. The summed E-state index contributed by atoms with van der Waals surface area (Å²) >= 11 is 0. The molecule has 0 fully saturated rings. The van der Waals surface area contributed by atoms with Crippen LogP contribution in [-0.4, -0.2) is 12.6 Å². The molecule has 0 amide bonds. The van der Waals surface area contributed by atoms with Gasteiger partial charge in [-0.25, -0.2) is 4.79 Å². The molecular weight excluding hydrogens is 184 g/mol. The summed E-state index contributed by atoms with van der Waals surface area (Å²) in [5.74, 6) is 0.313. The Kier molecular flexibility index (Phi) is 3.03. The zero-order valence-electron chi connectivity index (χ0n) is 9.05. The van der Waals surface area contributed by atoms with Gasteiger partial charge in [-0.05, 0) is 6.42 Å². The van der Waals surface area contributed by atoms with Crippen LogP contribution in [0.25, 0.3) is 0 Å². The van der Waals surface area contributed by atoms with E-state index in [0.717, 1.165) is 6.42 Å². The molecule has 0 aliphatic carbocycles. The van der Waals surface area contributed by atoms with Crippen molar-refractivity contribution in [2.45, 2.75) is 39.5 Å². The molecule has 0 radical (unpaired) electrons. The van der Waals surface area contributed by atoms with E-state index in [9.17, 15) is 4.79 Å². The fourth-order valence-electron chi connectivity index (χ4n) is 0.978. The molecule has 0 bridgehead atoms. The molecule has 4 nitrogen and oxygen atoms in total. The van der Waals surface area contributed by atoms with Crippen molar-refractivity contribution in [3.8, 4) is 0 Å². The standard InChI is InChI=1S/C10H16O4/c1-5-6-12-9(11)7-8(14-13-7)10(2,3)4/h5-6H2,1-4H3. The number of esters is 1. The summed E-state index contributed by atoms with van der Waals surface area (Å²) in [6.45, 7) is 8.17. The second kappa shape index (κ2) is 3.90. The van der Waals surface area contributed by atoms with Crippen molar-refractivity contribution in [2.75, 3.05) is 6.61 Å². The summed E-state index contributed by atoms with van der Waals surface area (Å²) in [6, 6.07) is 0. The van der Waals surface area contributed by atoms with E-state index >= 15 is 0 Å². The summed E-state index contributed by atoms with van der Waals surface area (Å²) in [5, 5.41) is 0. The van der Waals surface area contributed by atoms with Gasteiger partial charge >= 0.3 is 11.7 Å². The first-order valence-electron chi connectivity index (χ1n) is 4.73. The summed E-state index contributed by atoms with van der Waals surface area (Å²) in [5.41, 5.74) is -0.223. The van der Waals surface area contributed by atoms with Crippen LogP contribution in [0.1, 0.15) is 50.4 Å². The van der Waals surface area contributed by atoms with Gasteiger partial charge in [-0.2, -0.15) is 0 Å². The topological polar surface area (TPSA) is 52.6 Å². The number of rotatable bonds is 3. The Morgan fingerprint density at radius 2 is 2.00 bits per heavy atom. The zero-order valence-corrected chi connectivity index (χ0v) is 9.05. The van der Waals surface area contributed by atoms with Crippen LogP contribution in [0.2, 0.25) is 0 Å². The minimum absolute atomic E-state index is 0.200. The monoisotopic (exact) mass is 200 g/mol. The van der Waals surface area contributed by atoms with Gasteiger partial charge in [0.2, 0.25) is 5.76 Å². The van der Waals surface area contributed by atoms with Gasteiger partial charge in [0.15, 0.2) is 0 Å². The Morgan fingerprint density at radius 3 is 2.36 bits per heavy atom. The first-order valence-corrected chi connectivity index (χ1v) is 4.73. The fourth-order valence-corrected chi connectivity index (χ4v) is 0.978. The van der Waals surface area contributed by atoms with Gasteiger partial charge in [0, 0.05) is 5.41 Å². The first kappa shape index (κ1) is 10.9. The van der Waals surface area contributed by atoms with Crippen LogP contribution in [0.4, 0.5) is 0 Å². The van der Waals surface area contributed by atoms with Crippen LogP contribution in [0.3, 0.4) is 0 Å². The quantitative estimate of drug-likeness (QED) is 0.556. The highest BCUT2D eigenvalue weighted by Gasteiger charge is 2.33. The smallest absolute Gasteiger partial charge is 0.382 e. The van der Waals surface area contributed by atoms with Crippen molar-refractivity contribution in [1.82, 2.24) is 0 Å². The van der Waals surface area contributed by atoms with Crippen LogP contribution in [0.15, 0.2) is 9.15 Å². The van der Waals surface area contributed by atoms with Gasteiger partial charge in [-0.3, -0.25) is 9.15 Å². The second-order valence-corrected chi connectivity index (χ2v) is 4.21. The molecule has 1 aromatic heterocycles. The molecule has 14 heavy (non-hydrogen) atoms. The van der Waals surface area contributed by atoms with Crippen molar-refractivity contribution in [3.63, 3.8) is 0 Å². The Balaban J connectivity index is 2.65. The third-order valence-electron chi connectivity index (χ3n) is 1.72. The molecule has 0 aliphatic rings. The predicted octanol–water partition coefficient (Wildman–Crippen LogP) is 2.74. The maximum Gasteiger partial charge on any atom is 0.382 e. The minimum Gasteiger partial charge on any atom is -0.460 e. The van der Waals surface area contributed by atoms with E-state index in [1.807, 2.05) is 27.7 Å². The van der Waals surface area contributed by atoms with Crippen LogP contribution in [0, 0.1) is 0 Å². The molecule has 4 heteroatoms. The number of hydrogen-bond acceptors (Lipinski definition) is 4. The normalized spacial score (nSPS) is 11.7. The Hall–Kier alpha value is -1.19. The van der Waals surface area contributed by atoms with Crippen molar-refractivity contribution < 1.29 is 18.7 Å². The average Bonchev–Trinajstić information content (AvgIpc) is 1.95. The SMILES string of the molecule is CCCOC(=O)c1ooc1C(C)(C)C. The van der Waals surface area contributed by atoms with E-state index in [0.29, 0.717) is 12.4 Å². The first-order chi connectivity index (χ1) is 6.46. The van der Waals surface area contributed by atoms with Gasteiger partial charge in [-0.1, -0.05) is 27.7 Å². The second-order valence-electron chi connectivity index (χ2n) is 4.21. The molecule has 0 spiro atoms. The van der Waals surface area contributed by atoms with E-state index in [4.69, 9.17) is 9.31 Å². The summed E-state index contributed by atoms with van der Waals surface area (Å²) < 4.78 is 14.3. The van der Waals surface area contributed by atoms with Crippen molar-refractivity contribution in [1.29, 1.82) is 0 Å². The third kappa shape index (κ3) is 2.19. The number of carbonyl (C=O) groups excluding carboxylic acids is 1. The highest BCUT2D eigenvalue weighted by molar-refractivity contribution is 5.87. The van der Waals surface area contributed by atoms with Crippen LogP contribution in [0.5, 0.6) is 0 Å². The largest absolute Gasteiger partial charge is 0.460 e. The molecule has 80 valence electrons. The fraction of sp³-hybridized carbons (Fsp3) is 0.700. The molecule has 0 aromatic carbocycles. The number of carbonyl (C=O) groups is 1. The van der Waals surface area contributed by atoms with Crippen molar-refractivity contribution in [2.24, 2.45) is 0 Å². The van der Waals surface area contributed by atoms with Gasteiger partial charge in [0.05, 0.1) is 6.61 Å². The zero-order chi connectivity index (χ0) is 10.8. The maximum atomic E-state index is 11.4. The Bertz CT molecular complexity index is 300. The minimum atomic E-state index is -0.442. The lowest BCUT2D eigenvalue weighted by atomic mass is 9.92. The molecule has 0 unspecified atom stereocenters. The molecule has 0 N–H and O–H groups in total. The highest BCUT2D eigenvalue weighted by atomic mass is 17.0. The molecule has 1 heterocycles. The van der Waals surface area contributed by atoms with Crippen LogP contribution >= 0.6 is 0 Å². The predicted molar refractivity (Wildman–Crippen MR) is 50.2 cm³/mol. The van der Waals surface area contributed by atoms with Gasteiger partial charge in [0.25, 0.3) is 0 Å². The molecule has 0 aliphatic heterocycles. The Morgan fingerprint density at radius 1 is 1.36 bits per heavy atom. The van der Waals surface area contributed by atoms with E-state index < -0.39 is 5.97 Å². The molecular formula is C10H16O4. The molecule has 0 saturated heterocycles. The van der Waals surface area contributed by atoms with Crippen LogP contribution in [-0.2, 0) is 10.2 Å². The summed E-state index contributed by atoms with van der Waals surface area (Å²) in [4.78, 5) is 11.4. The summed E-state index contributed by atoms with van der Waals surface area (Å²) in [6.07, 6.45) is 0.796. The van der Waals surface area contributed by atoms with E-state index in [2.05, 4.69) is 4.58 Å². The molecule has 0 saturated carbocycles. The van der Waals surface area contributed by atoms with E-state index in [1.54, 1.807) is 0 Å². The van der Waals surface area contributed by atoms with Gasteiger partial charge in [0.1, 0.15) is 0 Å². The van der Waals surface area contributed by atoms with E-state index in [-0.39, 0.29) is 11.2 Å². The number of ether oxygens (including phenoxy) is 1. The maximum absolute atomic E-state index is 11.4. The van der Waals surface area contributed by atoms with E-state index in [1.165, 1.54) is 0 Å². The molecule has 1 aromatic rings.